The smallest absolute Gasteiger partial charge is 0.364 e. The van der Waals surface area contributed by atoms with Crippen LogP contribution in [-0.4, -0.2) is 210 Å². The van der Waals surface area contributed by atoms with Crippen LogP contribution in [0, 0.1) is 27.7 Å². The Morgan fingerprint density at radius 3 is 1.14 bits per heavy atom. The number of ether oxygens (including phenoxy) is 4. The van der Waals surface area contributed by atoms with Crippen LogP contribution < -0.4 is 31.9 Å². The molecular formula is C70H88N6O20S2. The molecule has 0 aromatic heterocycles. The highest BCUT2D eigenvalue weighted by molar-refractivity contribution is 7.99. The molecule has 2 heterocycles. The standard InChI is InChI=1S/C70H88N6O20S2/c1-39-40(2)58(76-56(84)28-34-98-32-14-30-94-70(68(91)92)36-52(80)60(74-44(6)78)64(96-70)62(86)54(82)38-72-66(88)50-25-21-48(22-26-50)46-17-11-8-12-18-46)42(4)41(3)57(39)75-55(83)27-33-97-31-13-29-93-69(67(89)90)35-51(79)59(73-43(5)77)63(95-69)61(85)53(81)37-71-65(87)49-23-19-47(20-24-49)45-15-9-7-10-16-45/h7-12,15-26,51-54,59-64,79-82,85-86H,13-14,27-38H2,1-6H3,(H,71,87)(H,72,88)(H,73,77)(H,74,78)(H,75,83)(H,76,84)(H,89,90)(H,91,92)/t51-,52+,53+,54-,59+,60-,61-,62-,63-,64-,69-,70-/m1/s1. The first-order valence-electron chi connectivity index (χ1n) is 32.1. The molecule has 2 fully saturated rings. The summed E-state index contributed by atoms with van der Waals surface area (Å²) in [4.78, 5) is 103. The fourth-order valence-corrected chi connectivity index (χ4v) is 13.2. The van der Waals surface area contributed by atoms with E-state index in [0.29, 0.717) is 34.4 Å². The molecule has 2 aliphatic rings. The molecule has 98 heavy (non-hydrogen) atoms. The van der Waals surface area contributed by atoms with Crippen molar-refractivity contribution < 1.29 is 98.2 Å². The van der Waals surface area contributed by atoms with Gasteiger partial charge in [0.2, 0.25) is 23.6 Å². The molecule has 0 saturated carbocycles. The number of hydrogen-bond acceptors (Lipinski definition) is 20. The van der Waals surface area contributed by atoms with E-state index in [2.05, 4.69) is 31.9 Å². The number of aliphatic hydroxyl groups excluding tert-OH is 6. The topological polar surface area (TPSA) is 408 Å². The molecule has 5 aromatic carbocycles. The molecule has 0 bridgehead atoms. The second-order valence-electron chi connectivity index (χ2n) is 24.2. The highest BCUT2D eigenvalue weighted by Crippen LogP contribution is 2.38. The molecule has 14 N–H and O–H groups in total. The third-order valence-corrected chi connectivity index (χ3v) is 19.2. The zero-order chi connectivity index (χ0) is 71.4. The van der Waals surface area contributed by atoms with Crippen molar-refractivity contribution in [2.45, 2.75) is 153 Å². The summed E-state index contributed by atoms with van der Waals surface area (Å²) in [6.45, 7) is 8.19. The number of aliphatic carboxylic acids is 2. The Bertz CT molecular complexity index is 3300. The summed E-state index contributed by atoms with van der Waals surface area (Å²) >= 11 is 2.79. The van der Waals surface area contributed by atoms with Gasteiger partial charge in [0.1, 0.15) is 24.4 Å². The van der Waals surface area contributed by atoms with Crippen molar-refractivity contribution >= 4 is 82.3 Å². The van der Waals surface area contributed by atoms with E-state index < -0.39 is 134 Å². The van der Waals surface area contributed by atoms with Crippen LogP contribution in [0.5, 0.6) is 0 Å². The van der Waals surface area contributed by atoms with Crippen LogP contribution in [-0.2, 0) is 47.7 Å². The van der Waals surface area contributed by atoms with E-state index in [4.69, 9.17) is 18.9 Å². The van der Waals surface area contributed by atoms with Crippen LogP contribution in [0.1, 0.15) is 95.3 Å². The molecule has 5 aromatic rings. The number of carboxylic acids is 2. The largest absolute Gasteiger partial charge is 0.477 e. The molecule has 2 aliphatic heterocycles. The maximum Gasteiger partial charge on any atom is 0.364 e. The van der Waals surface area contributed by atoms with E-state index in [1.807, 2.05) is 88.4 Å². The van der Waals surface area contributed by atoms with Gasteiger partial charge in [0.25, 0.3) is 23.4 Å². The molecule has 6 amide bonds. The monoisotopic (exact) mass is 1400 g/mol. The lowest BCUT2D eigenvalue weighted by Crippen LogP contribution is -2.68. The quantitative estimate of drug-likeness (QED) is 0.0254. The summed E-state index contributed by atoms with van der Waals surface area (Å²) in [5.41, 5.74) is 8.30. The van der Waals surface area contributed by atoms with E-state index in [0.717, 1.165) is 58.4 Å². The third-order valence-electron chi connectivity index (χ3n) is 17.1. The summed E-state index contributed by atoms with van der Waals surface area (Å²) in [7, 11) is 0. The summed E-state index contributed by atoms with van der Waals surface area (Å²) in [6, 6.07) is 29.7. The van der Waals surface area contributed by atoms with E-state index in [1.54, 1.807) is 48.5 Å². The van der Waals surface area contributed by atoms with Crippen LogP contribution in [0.2, 0.25) is 0 Å². The minimum absolute atomic E-state index is 0.108. The van der Waals surface area contributed by atoms with Gasteiger partial charge in [-0.25, -0.2) is 9.59 Å². The van der Waals surface area contributed by atoms with Gasteiger partial charge in [-0.1, -0.05) is 84.9 Å². The highest BCUT2D eigenvalue weighted by Gasteiger charge is 2.57. The minimum atomic E-state index is -2.50. The molecule has 0 spiro atoms. The van der Waals surface area contributed by atoms with Gasteiger partial charge < -0.3 is 91.7 Å². The molecular weight excluding hydrogens is 1310 g/mol. The lowest BCUT2D eigenvalue weighted by Gasteiger charge is -2.46. The summed E-state index contributed by atoms with van der Waals surface area (Å²) in [5.74, 6) is -9.66. The van der Waals surface area contributed by atoms with Crippen molar-refractivity contribution in [1.29, 1.82) is 0 Å². The number of amides is 6. The number of carbonyl (C=O) groups excluding carboxylic acids is 6. The van der Waals surface area contributed by atoms with Gasteiger partial charge in [-0.2, -0.15) is 23.5 Å². The zero-order valence-corrected chi connectivity index (χ0v) is 57.0. The molecule has 0 unspecified atom stereocenters. The zero-order valence-electron chi connectivity index (χ0n) is 55.4. The molecule has 0 radical (unpaired) electrons. The van der Waals surface area contributed by atoms with Crippen LogP contribution in [0.4, 0.5) is 11.4 Å². The van der Waals surface area contributed by atoms with E-state index >= 15 is 0 Å². The van der Waals surface area contributed by atoms with Crippen molar-refractivity contribution in [3.8, 4) is 22.3 Å². The highest BCUT2D eigenvalue weighted by atomic mass is 32.2. The summed E-state index contributed by atoms with van der Waals surface area (Å²) in [6.07, 6.45) is -14.6. The number of anilines is 2. The fourth-order valence-electron chi connectivity index (χ4n) is 11.5. The fraction of sp³-hybridized carbons (Fsp3) is 0.457. The average Bonchev–Trinajstić information content (AvgIpc) is 0.777. The number of nitrogens with one attached hydrogen (secondary N) is 6. The maximum atomic E-state index is 13.3. The van der Waals surface area contributed by atoms with Crippen LogP contribution in [0.25, 0.3) is 22.3 Å². The molecule has 7 rings (SSSR count). The Labute approximate surface area is 576 Å². The number of benzene rings is 5. The average molecular weight is 1400 g/mol. The van der Waals surface area contributed by atoms with Crippen molar-refractivity contribution in [1.82, 2.24) is 21.3 Å². The predicted molar refractivity (Wildman–Crippen MR) is 367 cm³/mol. The second-order valence-corrected chi connectivity index (χ2v) is 26.6. The number of aliphatic hydroxyl groups is 6. The first kappa shape index (κ1) is 77.5. The Kier molecular flexibility index (Phi) is 28.7. The molecule has 12 atom stereocenters. The van der Waals surface area contributed by atoms with Crippen molar-refractivity contribution in [3.63, 3.8) is 0 Å². The second kappa shape index (κ2) is 36.3. The van der Waals surface area contributed by atoms with Gasteiger partial charge in [-0.05, 0) is 121 Å². The Balaban J connectivity index is 0.818. The number of hydrogen-bond donors (Lipinski definition) is 14. The summed E-state index contributed by atoms with van der Waals surface area (Å²) in [5, 5.41) is 104. The van der Waals surface area contributed by atoms with Gasteiger partial charge in [-0.15, -0.1) is 0 Å². The third kappa shape index (κ3) is 20.6. The van der Waals surface area contributed by atoms with Crippen LogP contribution in [0.15, 0.2) is 109 Å². The lowest BCUT2D eigenvalue weighted by molar-refractivity contribution is -0.310. The summed E-state index contributed by atoms with van der Waals surface area (Å²) < 4.78 is 23.3. The van der Waals surface area contributed by atoms with Crippen molar-refractivity contribution in [2.75, 3.05) is 59.9 Å². The molecule has 26 nitrogen and oxygen atoms in total. The van der Waals surface area contributed by atoms with Crippen molar-refractivity contribution in [3.05, 3.63) is 143 Å². The first-order chi connectivity index (χ1) is 46.6. The normalized spacial score (nSPS) is 21.9. The predicted octanol–water partition coefficient (Wildman–Crippen LogP) is 4.37. The lowest BCUT2D eigenvalue weighted by atomic mass is 9.88. The van der Waals surface area contributed by atoms with Crippen molar-refractivity contribution in [2.24, 2.45) is 0 Å². The number of thioether (sulfide) groups is 2. The number of carboxylic acid groups (broad SMARTS) is 2. The molecule has 530 valence electrons. The Hall–Kier alpha value is -7.84. The Morgan fingerprint density at radius 2 is 0.827 bits per heavy atom. The van der Waals surface area contributed by atoms with Gasteiger partial charge in [0.15, 0.2) is 0 Å². The van der Waals surface area contributed by atoms with Gasteiger partial charge >= 0.3 is 11.9 Å². The van der Waals surface area contributed by atoms with Crippen LogP contribution in [0.3, 0.4) is 0 Å². The minimum Gasteiger partial charge on any atom is -0.477 e. The van der Waals surface area contributed by atoms with E-state index in [1.165, 1.54) is 23.5 Å². The van der Waals surface area contributed by atoms with Gasteiger partial charge in [0, 0.05) is 86.6 Å². The van der Waals surface area contributed by atoms with E-state index in [-0.39, 0.29) is 61.8 Å². The number of carbonyl (C=O) groups is 8. The van der Waals surface area contributed by atoms with Gasteiger partial charge in [-0.3, -0.25) is 28.8 Å². The Morgan fingerprint density at radius 1 is 0.500 bits per heavy atom. The van der Waals surface area contributed by atoms with Crippen LogP contribution >= 0.6 is 23.5 Å². The molecule has 2 saturated heterocycles. The first-order valence-corrected chi connectivity index (χ1v) is 34.4. The molecule has 0 aliphatic carbocycles. The van der Waals surface area contributed by atoms with Gasteiger partial charge in [0.05, 0.1) is 49.7 Å². The molecule has 28 heteroatoms. The van der Waals surface area contributed by atoms with E-state index in [9.17, 15) is 79.2 Å². The number of rotatable bonds is 34. The maximum absolute atomic E-state index is 13.3. The SMILES string of the molecule is CC(=O)N[C@@H]1[C@H]([C@H](O)[C@@H](O)CNC(=O)c2ccc(-c3ccccc3)cc2)O[C@@](OCCCSCCC(=O)Nc2c(C)c(C)c(NC(=O)CCSCCCO[C@]3(C(=O)O)C[C@H](O)[C@@H](NC(C)=O)[C@H]([C@H](O)[C@H](O)CNC(=O)c4ccc(-c5ccccc5)cc4)O3)c(C)c2C)(C(=O)O)C[C@H]1O.